The average Bonchev–Trinajstić information content (AvgIpc) is 2.62. The van der Waals surface area contributed by atoms with Crippen LogP contribution in [0.1, 0.15) is 50.1 Å². The first-order valence-corrected chi connectivity index (χ1v) is 9.38. The third kappa shape index (κ3) is 3.45. The molecule has 0 aliphatic carbocycles. The van der Waals surface area contributed by atoms with Crippen LogP contribution in [-0.2, 0) is 0 Å². The van der Waals surface area contributed by atoms with Gasteiger partial charge in [-0.25, -0.2) is 0 Å². The van der Waals surface area contributed by atoms with Gasteiger partial charge in [0.05, 0.1) is 5.92 Å². The van der Waals surface area contributed by atoms with E-state index in [2.05, 4.69) is 0 Å². The molecule has 0 saturated heterocycles. The molecule has 3 rings (SSSR count). The van der Waals surface area contributed by atoms with Gasteiger partial charge < -0.3 is 15.3 Å². The summed E-state index contributed by atoms with van der Waals surface area (Å²) < 4.78 is 0. The van der Waals surface area contributed by atoms with Crippen LogP contribution < -0.4 is 0 Å². The number of aromatic hydroxyl groups is 3. The summed E-state index contributed by atoms with van der Waals surface area (Å²) in [6.45, 7) is 11.4. The number of phenolic OH excluding ortho intramolecular Hbond substituents is 3. The van der Waals surface area contributed by atoms with Crippen molar-refractivity contribution in [3.63, 3.8) is 0 Å². The van der Waals surface area contributed by atoms with Crippen LogP contribution in [0.3, 0.4) is 0 Å². The summed E-state index contributed by atoms with van der Waals surface area (Å²) in [7, 11) is 0. The molecule has 0 aliphatic rings. The summed E-state index contributed by atoms with van der Waals surface area (Å²) >= 11 is 0. The Morgan fingerprint density at radius 2 is 0.607 bits per heavy atom. The van der Waals surface area contributed by atoms with Crippen molar-refractivity contribution in [2.45, 2.75) is 41.5 Å². The zero-order valence-corrected chi connectivity index (χ0v) is 17.3. The van der Waals surface area contributed by atoms with Crippen molar-refractivity contribution >= 4 is 0 Å². The lowest BCUT2D eigenvalue weighted by molar-refractivity contribution is 0.466. The van der Waals surface area contributed by atoms with Crippen LogP contribution in [0.2, 0.25) is 0 Å². The Labute approximate surface area is 166 Å². The SMILES string of the molecule is Cc1cc([C](c2cc(C)c(O)c(C)c2)c2cc(C)c(O)c(C)c2)cc(C)c1O. The second-order valence-electron chi connectivity index (χ2n) is 7.75. The number of benzene rings is 3. The summed E-state index contributed by atoms with van der Waals surface area (Å²) in [5.74, 6) is 1.92. The van der Waals surface area contributed by atoms with Gasteiger partial charge in [0.2, 0.25) is 0 Å². The molecule has 0 bridgehead atoms. The van der Waals surface area contributed by atoms with E-state index >= 15 is 0 Å². The van der Waals surface area contributed by atoms with Gasteiger partial charge in [0.1, 0.15) is 17.2 Å². The molecule has 3 nitrogen and oxygen atoms in total. The van der Waals surface area contributed by atoms with Gasteiger partial charge in [-0.3, -0.25) is 0 Å². The second kappa shape index (κ2) is 7.23. The lowest BCUT2D eigenvalue weighted by atomic mass is 9.81. The number of phenols is 3. The molecule has 28 heavy (non-hydrogen) atoms. The Balaban J connectivity index is 2.32. The van der Waals surface area contributed by atoms with Gasteiger partial charge in [-0.15, -0.1) is 0 Å². The number of hydrogen-bond acceptors (Lipinski definition) is 3. The predicted molar refractivity (Wildman–Crippen MR) is 113 cm³/mol. The smallest absolute Gasteiger partial charge is 0.121 e. The second-order valence-corrected chi connectivity index (χ2v) is 7.75. The van der Waals surface area contributed by atoms with Crippen molar-refractivity contribution in [3.05, 3.63) is 92.4 Å². The van der Waals surface area contributed by atoms with E-state index in [1.807, 2.05) is 77.9 Å². The summed E-state index contributed by atoms with van der Waals surface area (Å²) in [5, 5.41) is 30.7. The van der Waals surface area contributed by atoms with Gasteiger partial charge >= 0.3 is 0 Å². The molecular weight excluding hydrogens is 348 g/mol. The van der Waals surface area contributed by atoms with E-state index in [0.717, 1.165) is 56.0 Å². The van der Waals surface area contributed by atoms with Crippen molar-refractivity contribution in [1.82, 2.24) is 0 Å². The minimum absolute atomic E-state index is 0.305. The van der Waals surface area contributed by atoms with E-state index < -0.39 is 0 Å². The van der Waals surface area contributed by atoms with Gasteiger partial charge in [-0.2, -0.15) is 0 Å². The van der Waals surface area contributed by atoms with Crippen LogP contribution in [-0.4, -0.2) is 15.3 Å². The first-order valence-electron chi connectivity index (χ1n) is 9.38. The fourth-order valence-corrected chi connectivity index (χ4v) is 3.80. The van der Waals surface area contributed by atoms with Crippen LogP contribution in [0.4, 0.5) is 0 Å². The Morgan fingerprint density at radius 1 is 0.429 bits per heavy atom. The Hall–Kier alpha value is -2.94. The fourth-order valence-electron chi connectivity index (χ4n) is 3.80. The standard InChI is InChI=1S/C25H27O3/c1-13-7-19(8-14(2)23(13)26)22(20-9-15(3)24(27)16(4)10-20)21-11-17(5)25(28)18(6)12-21/h7-12,26-28H,1-6H3. The predicted octanol–water partition coefficient (Wildman–Crippen LogP) is 5.67. The molecule has 0 unspecified atom stereocenters. The van der Waals surface area contributed by atoms with Gasteiger partial charge in [0, 0.05) is 0 Å². The molecule has 0 atom stereocenters. The van der Waals surface area contributed by atoms with Gasteiger partial charge in [0.15, 0.2) is 0 Å². The molecule has 0 fully saturated rings. The van der Waals surface area contributed by atoms with E-state index in [4.69, 9.17) is 0 Å². The van der Waals surface area contributed by atoms with Gasteiger partial charge in [0.25, 0.3) is 0 Å². The van der Waals surface area contributed by atoms with Crippen molar-refractivity contribution in [3.8, 4) is 17.2 Å². The van der Waals surface area contributed by atoms with Gasteiger partial charge in [-0.1, -0.05) is 36.4 Å². The van der Waals surface area contributed by atoms with E-state index in [1.165, 1.54) is 0 Å². The molecule has 0 aliphatic heterocycles. The third-order valence-electron chi connectivity index (χ3n) is 5.34. The minimum atomic E-state index is 0.305. The maximum Gasteiger partial charge on any atom is 0.121 e. The highest BCUT2D eigenvalue weighted by atomic mass is 16.3. The first kappa shape index (κ1) is 19.8. The molecule has 3 N–H and O–H groups in total. The Morgan fingerprint density at radius 3 is 0.786 bits per heavy atom. The molecule has 0 spiro atoms. The highest BCUT2D eigenvalue weighted by Crippen LogP contribution is 2.39. The van der Waals surface area contributed by atoms with Crippen LogP contribution in [0, 0.1) is 47.5 Å². The molecule has 0 heterocycles. The molecule has 0 saturated carbocycles. The maximum atomic E-state index is 10.2. The van der Waals surface area contributed by atoms with E-state index in [1.54, 1.807) is 0 Å². The zero-order valence-electron chi connectivity index (χ0n) is 17.3. The molecule has 0 aromatic heterocycles. The normalized spacial score (nSPS) is 11.2. The average molecular weight is 375 g/mol. The first-order chi connectivity index (χ1) is 13.1. The van der Waals surface area contributed by atoms with Crippen LogP contribution in [0.5, 0.6) is 17.2 Å². The molecular formula is C25H27O3. The molecule has 3 heteroatoms. The summed E-state index contributed by atoms with van der Waals surface area (Å²) in [6, 6.07) is 11.9. The largest absolute Gasteiger partial charge is 0.507 e. The van der Waals surface area contributed by atoms with Crippen LogP contribution >= 0.6 is 0 Å². The lowest BCUT2D eigenvalue weighted by Gasteiger charge is -2.22. The molecule has 0 amide bonds. The highest BCUT2D eigenvalue weighted by Gasteiger charge is 2.22. The third-order valence-corrected chi connectivity index (χ3v) is 5.34. The highest BCUT2D eigenvalue weighted by molar-refractivity contribution is 5.64. The minimum Gasteiger partial charge on any atom is -0.507 e. The van der Waals surface area contributed by atoms with E-state index in [0.29, 0.717) is 17.2 Å². The molecule has 1 radical (unpaired) electrons. The summed E-state index contributed by atoms with van der Waals surface area (Å²) in [5.41, 5.74) is 7.84. The van der Waals surface area contributed by atoms with Crippen molar-refractivity contribution < 1.29 is 15.3 Å². The van der Waals surface area contributed by atoms with Gasteiger partial charge in [-0.05, 0) is 91.6 Å². The van der Waals surface area contributed by atoms with Crippen molar-refractivity contribution in [1.29, 1.82) is 0 Å². The Kier molecular flexibility index (Phi) is 5.12. The Bertz CT molecular complexity index is 858. The van der Waals surface area contributed by atoms with E-state index in [-0.39, 0.29) is 0 Å². The van der Waals surface area contributed by atoms with Crippen molar-refractivity contribution in [2.24, 2.45) is 0 Å². The van der Waals surface area contributed by atoms with Crippen LogP contribution in [0.25, 0.3) is 0 Å². The van der Waals surface area contributed by atoms with E-state index in [9.17, 15) is 15.3 Å². The summed E-state index contributed by atoms with van der Waals surface area (Å²) in [4.78, 5) is 0. The monoisotopic (exact) mass is 375 g/mol. The lowest BCUT2D eigenvalue weighted by Crippen LogP contribution is -2.07. The quantitative estimate of drug-likeness (QED) is 0.517. The molecule has 3 aromatic rings. The topological polar surface area (TPSA) is 60.7 Å². The zero-order chi connectivity index (χ0) is 20.7. The number of rotatable bonds is 3. The molecule has 3 aromatic carbocycles. The van der Waals surface area contributed by atoms with Crippen LogP contribution in [0.15, 0.2) is 36.4 Å². The number of hydrogen-bond donors (Lipinski definition) is 3. The summed E-state index contributed by atoms with van der Waals surface area (Å²) in [6.07, 6.45) is 0. The van der Waals surface area contributed by atoms with Crippen molar-refractivity contribution in [2.75, 3.05) is 0 Å². The number of aryl methyl sites for hydroxylation is 6. The fraction of sp³-hybridized carbons (Fsp3) is 0.240. The maximum absolute atomic E-state index is 10.2. The molecule has 145 valence electrons.